The molecule has 1 atom stereocenters. The van der Waals surface area contributed by atoms with E-state index in [1.807, 2.05) is 6.08 Å². The van der Waals surface area contributed by atoms with Crippen LogP contribution in [-0.4, -0.2) is 11.1 Å². The summed E-state index contributed by atoms with van der Waals surface area (Å²) in [5.41, 5.74) is 0. The molecule has 0 aromatic heterocycles. The smallest absolute Gasteiger partial charge is 1.00 e. The third-order valence-electron chi connectivity index (χ3n) is 2.95. The number of carbonyl (C=O) groups is 1. The Kier molecular flexibility index (Phi) is 16.4. The van der Waals surface area contributed by atoms with Crippen molar-refractivity contribution in [2.45, 2.75) is 65.2 Å². The van der Waals surface area contributed by atoms with Crippen LogP contribution < -0.4 is 29.6 Å². The van der Waals surface area contributed by atoms with Crippen molar-refractivity contribution < 1.29 is 40.9 Å². The summed E-state index contributed by atoms with van der Waals surface area (Å²) in [6, 6.07) is 0. The maximum Gasteiger partial charge on any atom is 1.00 e. The van der Waals surface area contributed by atoms with Gasteiger partial charge in [0.05, 0.1) is 0 Å². The summed E-state index contributed by atoms with van der Waals surface area (Å²) in [6.07, 6.45) is 12.7. The molecule has 17 heavy (non-hydrogen) atoms. The van der Waals surface area contributed by atoms with Crippen LogP contribution in [0.15, 0.2) is 12.2 Å². The molecule has 0 spiro atoms. The molecule has 0 heterocycles. The molecule has 0 saturated carbocycles. The van der Waals surface area contributed by atoms with E-state index in [-0.39, 0.29) is 37.4 Å². The number of hydrogen-bond acceptors (Lipinski definition) is 1. The van der Waals surface area contributed by atoms with E-state index in [4.69, 9.17) is 5.11 Å². The Labute approximate surface area is 130 Å². The van der Waals surface area contributed by atoms with E-state index in [1.165, 1.54) is 32.1 Å². The molecular weight excluding hydrogens is 223 g/mol. The molecule has 0 amide bonds. The molecule has 0 bridgehead atoms. The first-order valence-corrected chi connectivity index (χ1v) is 6.57. The summed E-state index contributed by atoms with van der Waals surface area (Å²) in [5.74, 6) is 0.0762. The summed E-state index contributed by atoms with van der Waals surface area (Å²) in [7, 11) is 0. The van der Waals surface area contributed by atoms with Gasteiger partial charge in [0.2, 0.25) is 0 Å². The molecule has 0 aromatic carbocycles. The fraction of sp³-hybridized carbons (Fsp3) is 0.786. The molecule has 1 unspecified atom stereocenters. The second-order valence-electron chi connectivity index (χ2n) is 4.41. The predicted molar refractivity (Wildman–Crippen MR) is 69.7 cm³/mol. The minimum absolute atomic E-state index is 0. The van der Waals surface area contributed by atoms with E-state index in [1.54, 1.807) is 0 Å². The molecule has 3 heteroatoms. The van der Waals surface area contributed by atoms with Crippen molar-refractivity contribution in [1.82, 2.24) is 0 Å². The number of allylic oxidation sites excluding steroid dienone is 2. The van der Waals surface area contributed by atoms with Crippen molar-refractivity contribution >= 4 is 5.97 Å². The third-order valence-corrected chi connectivity index (χ3v) is 2.95. The van der Waals surface area contributed by atoms with Crippen molar-refractivity contribution in [2.75, 3.05) is 0 Å². The molecule has 0 aliphatic carbocycles. The van der Waals surface area contributed by atoms with E-state index < -0.39 is 5.97 Å². The maximum atomic E-state index is 10.3. The monoisotopic (exact) mass is 250 g/mol. The zero-order valence-corrected chi connectivity index (χ0v) is 13.7. The Bertz CT molecular complexity index is 208. The van der Waals surface area contributed by atoms with E-state index >= 15 is 0 Å². The number of rotatable bonds is 10. The van der Waals surface area contributed by atoms with Gasteiger partial charge in [-0.1, -0.05) is 58.1 Å². The fourth-order valence-electron chi connectivity index (χ4n) is 1.78. The second kappa shape index (κ2) is 14.3. The number of carboxylic acid groups (broad SMARTS) is 1. The molecule has 2 nitrogen and oxygen atoms in total. The number of aliphatic carboxylic acids is 1. The number of unbranched alkanes of at least 4 members (excludes halogenated alkanes) is 2. The van der Waals surface area contributed by atoms with Gasteiger partial charge in [0.1, 0.15) is 0 Å². The molecule has 0 aliphatic rings. The summed E-state index contributed by atoms with van der Waals surface area (Å²) < 4.78 is 0. The normalized spacial score (nSPS) is 12.4. The standard InChI is InChI=1S/C14H26O2.Na.H/c1-3-5-7-10-13(4-2)11-8-6-9-12-14(15)16;;/h6,8,13H,3-5,7,9-12H2,1-2H3,(H,15,16);;/q;+1;-1. The largest absolute Gasteiger partial charge is 1.00 e. The Hall–Kier alpha value is 0.210. The van der Waals surface area contributed by atoms with E-state index in [0.717, 1.165) is 12.3 Å². The van der Waals surface area contributed by atoms with Gasteiger partial charge in [0.25, 0.3) is 0 Å². The van der Waals surface area contributed by atoms with Crippen LogP contribution in [0.2, 0.25) is 0 Å². The molecule has 0 rings (SSSR count). The van der Waals surface area contributed by atoms with E-state index in [9.17, 15) is 4.79 Å². The average molecular weight is 250 g/mol. The Morgan fingerprint density at radius 2 is 2.00 bits per heavy atom. The van der Waals surface area contributed by atoms with Crippen LogP contribution in [0.5, 0.6) is 0 Å². The van der Waals surface area contributed by atoms with Crippen LogP contribution in [0.3, 0.4) is 0 Å². The zero-order chi connectivity index (χ0) is 12.2. The van der Waals surface area contributed by atoms with Crippen molar-refractivity contribution in [3.8, 4) is 0 Å². The Morgan fingerprint density at radius 1 is 1.29 bits per heavy atom. The Morgan fingerprint density at radius 3 is 2.53 bits per heavy atom. The zero-order valence-electron chi connectivity index (χ0n) is 12.7. The van der Waals surface area contributed by atoms with E-state index in [2.05, 4.69) is 19.9 Å². The first-order valence-electron chi connectivity index (χ1n) is 6.57. The van der Waals surface area contributed by atoms with Gasteiger partial charge in [-0.15, -0.1) is 0 Å². The molecule has 0 radical (unpaired) electrons. The van der Waals surface area contributed by atoms with Crippen molar-refractivity contribution in [2.24, 2.45) is 5.92 Å². The van der Waals surface area contributed by atoms with Crippen LogP contribution >= 0.6 is 0 Å². The first-order chi connectivity index (χ1) is 7.70. The molecule has 0 aromatic rings. The van der Waals surface area contributed by atoms with Crippen LogP contribution in [-0.2, 0) is 4.79 Å². The van der Waals surface area contributed by atoms with Crippen LogP contribution in [0.4, 0.5) is 0 Å². The molecule has 96 valence electrons. The Balaban J connectivity index is -0.00000112. The predicted octanol–water partition coefficient (Wildman–Crippen LogP) is 1.52. The molecule has 1 N–H and O–H groups in total. The summed E-state index contributed by atoms with van der Waals surface area (Å²) in [6.45, 7) is 4.47. The van der Waals surface area contributed by atoms with Gasteiger partial charge in [-0.2, -0.15) is 0 Å². The third kappa shape index (κ3) is 14.1. The van der Waals surface area contributed by atoms with Crippen molar-refractivity contribution in [3.05, 3.63) is 12.2 Å². The quantitative estimate of drug-likeness (QED) is 0.362. The van der Waals surface area contributed by atoms with Gasteiger partial charge in [-0.3, -0.25) is 4.79 Å². The second-order valence-corrected chi connectivity index (χ2v) is 4.41. The summed E-state index contributed by atoms with van der Waals surface area (Å²) in [5, 5.41) is 8.48. The first kappa shape index (κ1) is 19.5. The van der Waals surface area contributed by atoms with Crippen LogP contribution in [0.25, 0.3) is 0 Å². The molecular formula is C14H27NaO2. The topological polar surface area (TPSA) is 37.3 Å². The van der Waals surface area contributed by atoms with Gasteiger partial charge < -0.3 is 6.53 Å². The van der Waals surface area contributed by atoms with Gasteiger partial charge in [-0.25, -0.2) is 0 Å². The van der Waals surface area contributed by atoms with Gasteiger partial charge in [-0.05, 0) is 18.8 Å². The maximum absolute atomic E-state index is 10.3. The fourth-order valence-corrected chi connectivity index (χ4v) is 1.78. The minimum atomic E-state index is -0.709. The van der Waals surface area contributed by atoms with Crippen LogP contribution in [0.1, 0.15) is 66.6 Å². The van der Waals surface area contributed by atoms with Crippen molar-refractivity contribution in [1.29, 1.82) is 0 Å². The molecule has 0 saturated heterocycles. The molecule has 0 aliphatic heterocycles. The van der Waals surface area contributed by atoms with Gasteiger partial charge in [0.15, 0.2) is 0 Å². The van der Waals surface area contributed by atoms with Gasteiger partial charge >= 0.3 is 35.5 Å². The summed E-state index contributed by atoms with van der Waals surface area (Å²) in [4.78, 5) is 10.3. The van der Waals surface area contributed by atoms with E-state index in [0.29, 0.717) is 6.42 Å². The van der Waals surface area contributed by atoms with Gasteiger partial charge in [0, 0.05) is 6.42 Å². The number of carboxylic acids is 1. The number of hydrogen-bond donors (Lipinski definition) is 1. The minimum Gasteiger partial charge on any atom is -1.00 e. The SMILES string of the molecule is CCCCCC(CC)CC=CCCC(=O)O.[H-].[Na+]. The summed E-state index contributed by atoms with van der Waals surface area (Å²) >= 11 is 0. The average Bonchev–Trinajstić information content (AvgIpc) is 2.26. The van der Waals surface area contributed by atoms with Crippen LogP contribution in [0, 0.1) is 5.92 Å². The molecule has 0 fully saturated rings. The van der Waals surface area contributed by atoms with Crippen molar-refractivity contribution in [3.63, 3.8) is 0 Å².